The minimum atomic E-state index is -0.726. The van der Waals surface area contributed by atoms with Crippen molar-refractivity contribution in [2.75, 3.05) is 12.4 Å². The molecule has 2 N–H and O–H groups in total. The van der Waals surface area contributed by atoms with Gasteiger partial charge in [0.05, 0.1) is 18.8 Å². The van der Waals surface area contributed by atoms with Gasteiger partial charge in [0.2, 0.25) is 0 Å². The largest absolute Gasteiger partial charge is 0.375 e. The maximum atomic E-state index is 13.4. The van der Waals surface area contributed by atoms with Crippen LogP contribution >= 0.6 is 11.8 Å². The summed E-state index contributed by atoms with van der Waals surface area (Å²) in [5, 5.41) is 6.29. The third-order valence-corrected chi connectivity index (χ3v) is 5.98. The van der Waals surface area contributed by atoms with Crippen LogP contribution in [0, 0.1) is 0 Å². The Hall–Kier alpha value is -0.370. The maximum absolute atomic E-state index is 13.4. The molecule has 1 amide bonds. The first-order chi connectivity index (χ1) is 11.1. The summed E-state index contributed by atoms with van der Waals surface area (Å²) in [5.74, 6) is 0.956. The van der Waals surface area contributed by atoms with E-state index >= 15 is 0 Å². The molecular formula is C16H27FN2O3S. The molecule has 1 saturated carbocycles. The Kier molecular flexibility index (Phi) is 6.18. The van der Waals surface area contributed by atoms with Gasteiger partial charge in [-0.3, -0.25) is 10.1 Å². The summed E-state index contributed by atoms with van der Waals surface area (Å²) in [7, 11) is 0. The lowest BCUT2D eigenvalue weighted by Gasteiger charge is -2.26. The van der Waals surface area contributed by atoms with Gasteiger partial charge in [-0.05, 0) is 39.0 Å². The first-order valence-corrected chi connectivity index (χ1v) is 9.74. The van der Waals surface area contributed by atoms with E-state index in [9.17, 15) is 9.18 Å². The fraction of sp³-hybridized carbons (Fsp3) is 0.938. The minimum Gasteiger partial charge on any atom is -0.375 e. The van der Waals surface area contributed by atoms with Crippen LogP contribution in [0.4, 0.5) is 4.39 Å². The zero-order chi connectivity index (χ0) is 16.2. The van der Waals surface area contributed by atoms with Crippen LogP contribution in [0.5, 0.6) is 0 Å². The molecular weight excluding hydrogens is 319 g/mol. The SMILES string of the molecule is CC1CSC(NC(=O)C2CCC(COC3CCCC(F)C3)O2)N1. The minimum absolute atomic E-state index is 0.0100. The molecule has 0 bridgehead atoms. The van der Waals surface area contributed by atoms with Crippen molar-refractivity contribution < 1.29 is 18.7 Å². The third-order valence-electron chi connectivity index (χ3n) is 4.70. The number of thioether (sulfide) groups is 1. The fourth-order valence-corrected chi connectivity index (χ4v) is 4.51. The van der Waals surface area contributed by atoms with Crippen molar-refractivity contribution in [1.29, 1.82) is 0 Å². The van der Waals surface area contributed by atoms with Crippen molar-refractivity contribution in [3.63, 3.8) is 0 Å². The topological polar surface area (TPSA) is 59.6 Å². The Morgan fingerprint density at radius 3 is 3.00 bits per heavy atom. The molecule has 23 heavy (non-hydrogen) atoms. The smallest absolute Gasteiger partial charge is 0.251 e. The summed E-state index contributed by atoms with van der Waals surface area (Å²) in [5.41, 5.74) is -0.0138. The van der Waals surface area contributed by atoms with Crippen LogP contribution in [0.1, 0.15) is 45.4 Å². The van der Waals surface area contributed by atoms with Crippen molar-refractivity contribution in [1.82, 2.24) is 10.6 Å². The van der Waals surface area contributed by atoms with Gasteiger partial charge < -0.3 is 14.8 Å². The highest BCUT2D eigenvalue weighted by molar-refractivity contribution is 8.00. The Balaban J connectivity index is 1.35. The lowest BCUT2D eigenvalue weighted by Crippen LogP contribution is -2.46. The monoisotopic (exact) mass is 346 g/mol. The van der Waals surface area contributed by atoms with Gasteiger partial charge in [0.25, 0.3) is 5.91 Å². The highest BCUT2D eigenvalue weighted by Crippen LogP contribution is 2.26. The van der Waals surface area contributed by atoms with Crippen molar-refractivity contribution in [3.05, 3.63) is 0 Å². The zero-order valence-electron chi connectivity index (χ0n) is 13.6. The van der Waals surface area contributed by atoms with Crippen LogP contribution in [0.15, 0.2) is 0 Å². The van der Waals surface area contributed by atoms with Crippen LogP contribution in [0.2, 0.25) is 0 Å². The number of carbonyl (C=O) groups excluding carboxylic acids is 1. The van der Waals surface area contributed by atoms with Crippen LogP contribution in [0.25, 0.3) is 0 Å². The number of ether oxygens (including phenoxy) is 2. The normalized spacial score (nSPS) is 41.1. The lowest BCUT2D eigenvalue weighted by molar-refractivity contribution is -0.134. The van der Waals surface area contributed by atoms with Crippen molar-refractivity contribution in [3.8, 4) is 0 Å². The zero-order valence-corrected chi connectivity index (χ0v) is 14.4. The van der Waals surface area contributed by atoms with Gasteiger partial charge in [-0.2, -0.15) is 0 Å². The van der Waals surface area contributed by atoms with Gasteiger partial charge in [0.1, 0.15) is 17.8 Å². The third kappa shape index (κ3) is 5.05. The van der Waals surface area contributed by atoms with Crippen molar-refractivity contribution >= 4 is 17.7 Å². The highest BCUT2D eigenvalue weighted by Gasteiger charge is 2.34. The molecule has 0 aromatic rings. The molecule has 132 valence electrons. The standard InChI is InChI=1S/C16H27FN2O3S/c1-10-9-23-16(18-10)19-15(20)14-6-5-13(22-14)8-21-12-4-2-3-11(17)7-12/h10-14,16,18H,2-9H2,1H3,(H,19,20). The fourth-order valence-electron chi connectivity index (χ4n) is 3.40. The van der Waals surface area contributed by atoms with Crippen LogP contribution in [0.3, 0.4) is 0 Å². The average molecular weight is 346 g/mol. The second-order valence-corrected chi connectivity index (χ2v) is 7.97. The van der Waals surface area contributed by atoms with Crippen LogP contribution in [-0.2, 0) is 14.3 Å². The van der Waals surface area contributed by atoms with Gasteiger partial charge >= 0.3 is 0 Å². The summed E-state index contributed by atoms with van der Waals surface area (Å²) in [6, 6.07) is 0.422. The van der Waals surface area contributed by atoms with Crippen molar-refractivity contribution in [2.24, 2.45) is 0 Å². The van der Waals surface area contributed by atoms with E-state index in [4.69, 9.17) is 9.47 Å². The molecule has 0 radical (unpaired) electrons. The number of alkyl halides is 1. The van der Waals surface area contributed by atoms with Gasteiger partial charge in [-0.25, -0.2) is 4.39 Å². The van der Waals surface area contributed by atoms with E-state index in [1.54, 1.807) is 11.8 Å². The number of carbonyl (C=O) groups is 1. The molecule has 1 aliphatic carbocycles. The van der Waals surface area contributed by atoms with Gasteiger partial charge in [-0.15, -0.1) is 11.8 Å². The second kappa shape index (κ2) is 8.14. The molecule has 2 heterocycles. The molecule has 6 unspecified atom stereocenters. The number of nitrogens with one attached hydrogen (secondary N) is 2. The van der Waals surface area contributed by atoms with Gasteiger partial charge in [-0.1, -0.05) is 0 Å². The van der Waals surface area contributed by atoms with Crippen LogP contribution in [-0.4, -0.2) is 54.3 Å². The number of amides is 1. The molecule has 3 rings (SSSR count). The summed E-state index contributed by atoms with van der Waals surface area (Å²) in [4.78, 5) is 12.2. The number of hydrogen-bond donors (Lipinski definition) is 2. The first kappa shape index (κ1) is 17.5. The predicted octanol–water partition coefficient (Wildman–Crippen LogP) is 1.96. The summed E-state index contributed by atoms with van der Waals surface area (Å²) < 4.78 is 25.0. The molecule has 7 heteroatoms. The lowest BCUT2D eigenvalue weighted by atomic mass is 9.96. The number of hydrogen-bond acceptors (Lipinski definition) is 5. The van der Waals surface area contributed by atoms with E-state index in [1.165, 1.54) is 0 Å². The van der Waals surface area contributed by atoms with Crippen molar-refractivity contribution in [2.45, 2.75) is 81.5 Å². The average Bonchev–Trinajstić information content (AvgIpc) is 3.14. The Morgan fingerprint density at radius 2 is 2.26 bits per heavy atom. The Bertz CT molecular complexity index is 415. The molecule has 0 aromatic heterocycles. The molecule has 2 aliphatic heterocycles. The molecule has 3 aliphatic rings. The summed E-state index contributed by atoms with van der Waals surface area (Å²) in [6.07, 6.45) is 3.39. The molecule has 0 aromatic carbocycles. The molecule has 5 nitrogen and oxygen atoms in total. The van der Waals surface area contributed by atoms with E-state index in [2.05, 4.69) is 17.6 Å². The quantitative estimate of drug-likeness (QED) is 0.797. The number of rotatable bonds is 5. The van der Waals surface area contributed by atoms with Gasteiger partial charge in [0.15, 0.2) is 0 Å². The maximum Gasteiger partial charge on any atom is 0.251 e. The second-order valence-electron chi connectivity index (χ2n) is 6.83. The summed E-state index contributed by atoms with van der Waals surface area (Å²) >= 11 is 1.71. The highest BCUT2D eigenvalue weighted by atomic mass is 32.2. The predicted molar refractivity (Wildman–Crippen MR) is 88.0 cm³/mol. The Morgan fingerprint density at radius 1 is 1.39 bits per heavy atom. The summed E-state index contributed by atoms with van der Waals surface area (Å²) in [6.45, 7) is 2.57. The van der Waals surface area contributed by atoms with E-state index in [1.807, 2.05) is 0 Å². The molecule has 6 atom stereocenters. The van der Waals surface area contributed by atoms with E-state index in [0.717, 1.165) is 31.4 Å². The first-order valence-electron chi connectivity index (χ1n) is 8.69. The molecule has 2 saturated heterocycles. The number of halogens is 1. The van der Waals surface area contributed by atoms with E-state index < -0.39 is 6.17 Å². The molecule has 0 spiro atoms. The van der Waals surface area contributed by atoms with E-state index in [-0.39, 0.29) is 29.7 Å². The van der Waals surface area contributed by atoms with E-state index in [0.29, 0.717) is 25.5 Å². The molecule has 3 fully saturated rings. The Labute approximate surface area is 141 Å². The van der Waals surface area contributed by atoms with Gasteiger partial charge in [0, 0.05) is 18.2 Å². The van der Waals surface area contributed by atoms with Crippen LogP contribution < -0.4 is 10.6 Å².